The van der Waals surface area contributed by atoms with Crippen LogP contribution < -0.4 is 0 Å². The van der Waals surface area contributed by atoms with E-state index in [9.17, 15) is 9.59 Å². The Morgan fingerprint density at radius 3 is 2.40 bits per heavy atom. The molecule has 6 heteroatoms. The maximum absolute atomic E-state index is 11.0. The summed E-state index contributed by atoms with van der Waals surface area (Å²) in [5, 5.41) is 6.14. The number of hydrogen-bond donors (Lipinski definition) is 0. The van der Waals surface area contributed by atoms with E-state index in [0.717, 1.165) is 25.7 Å². The van der Waals surface area contributed by atoms with Crippen molar-refractivity contribution in [3.05, 3.63) is 0 Å². The third-order valence-corrected chi connectivity index (χ3v) is 2.05. The predicted octanol–water partition coefficient (Wildman–Crippen LogP) is 2.67. The average molecular weight is 214 g/mol. The van der Waals surface area contributed by atoms with E-state index in [0.29, 0.717) is 0 Å². The van der Waals surface area contributed by atoms with E-state index in [1.165, 1.54) is 0 Å². The molecule has 1 aliphatic carbocycles. The van der Waals surface area contributed by atoms with Crippen molar-refractivity contribution in [1.29, 1.82) is 0 Å². The van der Waals surface area contributed by atoms with E-state index in [4.69, 9.17) is 4.74 Å². The number of carbonyl (C=O) groups excluding carboxylic acids is 2. The maximum atomic E-state index is 11.0. The second kappa shape index (κ2) is 6.10. The van der Waals surface area contributed by atoms with Gasteiger partial charge in [-0.3, -0.25) is 0 Å². The molecule has 0 unspecified atom stereocenters. The Kier molecular flexibility index (Phi) is 4.73. The van der Waals surface area contributed by atoms with Gasteiger partial charge in [-0.25, -0.2) is 9.59 Å². The summed E-state index contributed by atoms with van der Waals surface area (Å²) in [6.07, 6.45) is 2.08. The van der Waals surface area contributed by atoms with E-state index < -0.39 is 12.2 Å². The first-order valence-corrected chi connectivity index (χ1v) is 5.01. The van der Waals surface area contributed by atoms with Crippen molar-refractivity contribution in [2.24, 2.45) is 10.2 Å². The van der Waals surface area contributed by atoms with Crippen molar-refractivity contribution >= 4 is 12.2 Å². The van der Waals surface area contributed by atoms with Crippen LogP contribution in [-0.4, -0.2) is 24.9 Å². The van der Waals surface area contributed by atoms with Crippen molar-refractivity contribution in [3.63, 3.8) is 0 Å². The number of nitrogens with zero attached hydrogens (tertiary/aromatic N) is 2. The van der Waals surface area contributed by atoms with Gasteiger partial charge in [0.15, 0.2) is 0 Å². The largest absolute Gasteiger partial charge is 0.452 e. The van der Waals surface area contributed by atoms with Gasteiger partial charge in [-0.2, -0.15) is 0 Å². The highest BCUT2D eigenvalue weighted by molar-refractivity contribution is 5.73. The zero-order chi connectivity index (χ0) is 11.1. The SMILES string of the molecule is CCOC(=O)N=NC(=O)OC1CCCC1. The number of amides is 2. The molecule has 1 saturated carbocycles. The van der Waals surface area contributed by atoms with Crippen LogP contribution >= 0.6 is 0 Å². The molecular formula is C9H14N2O4. The Bertz CT molecular complexity index is 259. The lowest BCUT2D eigenvalue weighted by Crippen LogP contribution is -2.11. The van der Waals surface area contributed by atoms with E-state index in [2.05, 4.69) is 15.0 Å². The fraction of sp³-hybridized carbons (Fsp3) is 0.778. The molecule has 0 heterocycles. The van der Waals surface area contributed by atoms with Crippen molar-refractivity contribution in [2.75, 3.05) is 6.61 Å². The van der Waals surface area contributed by atoms with Gasteiger partial charge in [0.25, 0.3) is 0 Å². The predicted molar refractivity (Wildman–Crippen MR) is 50.6 cm³/mol. The molecule has 15 heavy (non-hydrogen) atoms. The second-order valence-electron chi connectivity index (χ2n) is 3.19. The first-order chi connectivity index (χ1) is 7.22. The van der Waals surface area contributed by atoms with Crippen LogP contribution in [0.1, 0.15) is 32.6 Å². The van der Waals surface area contributed by atoms with Crippen molar-refractivity contribution in [1.82, 2.24) is 0 Å². The molecular weight excluding hydrogens is 200 g/mol. The van der Waals surface area contributed by atoms with Crippen molar-refractivity contribution in [2.45, 2.75) is 38.7 Å². The first kappa shape index (κ1) is 11.6. The summed E-state index contributed by atoms with van der Waals surface area (Å²) in [6.45, 7) is 1.85. The zero-order valence-corrected chi connectivity index (χ0v) is 8.64. The second-order valence-corrected chi connectivity index (χ2v) is 3.19. The quantitative estimate of drug-likeness (QED) is 0.662. The average Bonchev–Trinajstić information content (AvgIpc) is 2.68. The molecule has 0 aromatic carbocycles. The van der Waals surface area contributed by atoms with Gasteiger partial charge in [0.2, 0.25) is 0 Å². The fourth-order valence-corrected chi connectivity index (χ4v) is 1.41. The number of carbonyl (C=O) groups is 2. The molecule has 2 amide bonds. The number of azo groups is 1. The lowest BCUT2D eigenvalue weighted by molar-refractivity contribution is 0.108. The molecule has 0 atom stereocenters. The van der Waals surface area contributed by atoms with Gasteiger partial charge < -0.3 is 9.47 Å². The molecule has 6 nitrogen and oxygen atoms in total. The Balaban J connectivity index is 2.25. The molecule has 84 valence electrons. The highest BCUT2D eigenvalue weighted by atomic mass is 16.6. The minimum absolute atomic E-state index is 0.0707. The summed E-state index contributed by atoms with van der Waals surface area (Å²) in [6, 6.07) is 0. The van der Waals surface area contributed by atoms with Crippen LogP contribution in [0.2, 0.25) is 0 Å². The lowest BCUT2D eigenvalue weighted by Gasteiger charge is -2.06. The van der Waals surface area contributed by atoms with Gasteiger partial charge in [0, 0.05) is 0 Å². The first-order valence-electron chi connectivity index (χ1n) is 5.01. The van der Waals surface area contributed by atoms with Crippen LogP contribution in [-0.2, 0) is 9.47 Å². The highest BCUT2D eigenvalue weighted by Crippen LogP contribution is 2.21. The van der Waals surface area contributed by atoms with E-state index in [1.807, 2.05) is 0 Å². The minimum atomic E-state index is -0.874. The molecule has 0 aliphatic heterocycles. The summed E-state index contributed by atoms with van der Waals surface area (Å²) < 4.78 is 9.39. The minimum Gasteiger partial charge on any atom is -0.447 e. The molecule has 1 aliphatic rings. The van der Waals surface area contributed by atoms with Gasteiger partial charge in [-0.15, -0.1) is 0 Å². The lowest BCUT2D eigenvalue weighted by atomic mass is 10.3. The molecule has 1 rings (SSSR count). The summed E-state index contributed by atoms with van der Waals surface area (Å²) in [5.41, 5.74) is 0. The Labute approximate surface area is 87.6 Å². The number of ether oxygens (including phenoxy) is 2. The third kappa shape index (κ3) is 4.53. The normalized spacial score (nSPS) is 16.9. The van der Waals surface area contributed by atoms with Gasteiger partial charge in [0.05, 0.1) is 6.61 Å². The smallest absolute Gasteiger partial charge is 0.447 e. The van der Waals surface area contributed by atoms with Gasteiger partial charge in [0.1, 0.15) is 6.10 Å². The van der Waals surface area contributed by atoms with E-state index in [-0.39, 0.29) is 12.7 Å². The molecule has 0 saturated heterocycles. The van der Waals surface area contributed by atoms with Gasteiger partial charge in [-0.05, 0) is 32.6 Å². The van der Waals surface area contributed by atoms with Gasteiger partial charge in [-0.1, -0.05) is 10.2 Å². The van der Waals surface area contributed by atoms with E-state index in [1.54, 1.807) is 6.92 Å². The Morgan fingerprint density at radius 2 is 1.80 bits per heavy atom. The fourth-order valence-electron chi connectivity index (χ4n) is 1.41. The molecule has 0 spiro atoms. The number of rotatable bonds is 2. The summed E-state index contributed by atoms with van der Waals surface area (Å²) in [5.74, 6) is 0. The summed E-state index contributed by atoms with van der Waals surface area (Å²) in [4.78, 5) is 21.7. The third-order valence-electron chi connectivity index (χ3n) is 2.05. The van der Waals surface area contributed by atoms with Crippen LogP contribution in [0.25, 0.3) is 0 Å². The van der Waals surface area contributed by atoms with Crippen molar-refractivity contribution in [3.8, 4) is 0 Å². The van der Waals surface area contributed by atoms with Crippen molar-refractivity contribution < 1.29 is 19.1 Å². The van der Waals surface area contributed by atoms with Crippen LogP contribution in [0, 0.1) is 0 Å². The molecule has 0 radical (unpaired) electrons. The van der Waals surface area contributed by atoms with Crippen LogP contribution in [0.3, 0.4) is 0 Å². The highest BCUT2D eigenvalue weighted by Gasteiger charge is 2.19. The van der Waals surface area contributed by atoms with Gasteiger partial charge >= 0.3 is 12.2 Å². The molecule has 0 N–H and O–H groups in total. The summed E-state index contributed by atoms with van der Waals surface area (Å²) >= 11 is 0. The molecule has 0 bridgehead atoms. The Hall–Kier alpha value is -1.46. The monoisotopic (exact) mass is 214 g/mol. The Morgan fingerprint density at radius 1 is 1.20 bits per heavy atom. The molecule has 1 fully saturated rings. The van der Waals surface area contributed by atoms with Crippen LogP contribution in [0.5, 0.6) is 0 Å². The van der Waals surface area contributed by atoms with Crippen LogP contribution in [0.15, 0.2) is 10.2 Å². The molecule has 0 aromatic heterocycles. The number of hydrogen-bond acceptors (Lipinski definition) is 4. The maximum Gasteiger partial charge on any atom is 0.452 e. The topological polar surface area (TPSA) is 77.3 Å². The summed E-state index contributed by atoms with van der Waals surface area (Å²) in [7, 11) is 0. The van der Waals surface area contributed by atoms with E-state index >= 15 is 0 Å². The van der Waals surface area contributed by atoms with Crippen LogP contribution in [0.4, 0.5) is 9.59 Å². The molecule has 0 aromatic rings. The standard InChI is InChI=1S/C9H14N2O4/c1-2-14-8(12)10-11-9(13)15-7-5-3-4-6-7/h7H,2-6H2,1H3. The zero-order valence-electron chi connectivity index (χ0n) is 8.64.